The maximum atomic E-state index is 11.4. The van der Waals surface area contributed by atoms with Crippen LogP contribution in [0.15, 0.2) is 39.5 Å². The summed E-state index contributed by atoms with van der Waals surface area (Å²) in [5.41, 5.74) is 0.865. The van der Waals surface area contributed by atoms with Gasteiger partial charge in [-0.3, -0.25) is 0 Å². The second kappa shape index (κ2) is 4.10. The third-order valence-corrected chi connectivity index (χ3v) is 2.22. The van der Waals surface area contributed by atoms with Gasteiger partial charge < -0.3 is 4.42 Å². The van der Waals surface area contributed by atoms with E-state index in [0.717, 1.165) is 10.9 Å². The maximum absolute atomic E-state index is 11.4. The Balaban J connectivity index is 2.68. The highest BCUT2D eigenvalue weighted by molar-refractivity contribution is 5.83. The molecular weight excluding hydrogens is 212 g/mol. The largest absolute Gasteiger partial charge is 0.423 e. The van der Waals surface area contributed by atoms with Gasteiger partial charge in [0.15, 0.2) is 0 Å². The van der Waals surface area contributed by atoms with Gasteiger partial charge in [0, 0.05) is 22.4 Å². The Kier molecular flexibility index (Phi) is 2.77. The van der Waals surface area contributed by atoms with Crippen molar-refractivity contribution in [1.82, 2.24) is 0 Å². The molecule has 0 fully saturated rings. The lowest BCUT2D eigenvalue weighted by Gasteiger charge is -2.07. The lowest BCUT2D eigenvalue weighted by molar-refractivity contribution is 0.560. The van der Waals surface area contributed by atoms with Crippen LogP contribution in [0.4, 0.5) is 0 Å². The molecule has 0 aliphatic heterocycles. The monoisotopic (exact) mass is 226 g/mol. The van der Waals surface area contributed by atoms with Crippen LogP contribution >= 0.6 is 0 Å². The number of rotatable bonds is 0. The zero-order chi connectivity index (χ0) is 12.5. The molecule has 0 bridgehead atoms. The highest BCUT2D eigenvalue weighted by Gasteiger charge is 2.06. The molecule has 0 saturated carbocycles. The van der Waals surface area contributed by atoms with E-state index in [-0.39, 0.29) is 11.0 Å². The van der Waals surface area contributed by atoms with E-state index in [1.54, 1.807) is 6.07 Å². The minimum Gasteiger partial charge on any atom is -0.423 e. The molecule has 0 spiro atoms. The summed E-state index contributed by atoms with van der Waals surface area (Å²) < 4.78 is 5.11. The summed E-state index contributed by atoms with van der Waals surface area (Å²) in [4.78, 5) is 11.4. The Morgan fingerprint density at radius 2 is 1.88 bits per heavy atom. The lowest BCUT2D eigenvalue weighted by atomic mass is 9.97. The van der Waals surface area contributed by atoms with Crippen molar-refractivity contribution in [3.05, 3.63) is 46.3 Å². The molecule has 2 nitrogen and oxygen atoms in total. The van der Waals surface area contributed by atoms with Crippen LogP contribution in [0.2, 0.25) is 0 Å². The van der Waals surface area contributed by atoms with Crippen LogP contribution in [-0.2, 0) is 0 Å². The van der Waals surface area contributed by atoms with Crippen molar-refractivity contribution in [2.45, 2.75) is 20.8 Å². The normalized spacial score (nSPS) is 11.0. The number of fused-ring (bicyclic) bond motifs is 1. The van der Waals surface area contributed by atoms with Crippen LogP contribution in [0, 0.1) is 17.3 Å². The third-order valence-electron chi connectivity index (χ3n) is 2.22. The molecule has 1 heterocycles. The van der Waals surface area contributed by atoms with E-state index in [2.05, 4.69) is 11.8 Å². The van der Waals surface area contributed by atoms with Gasteiger partial charge in [-0.1, -0.05) is 24.0 Å². The van der Waals surface area contributed by atoms with E-state index < -0.39 is 0 Å². The molecule has 1 aromatic heterocycles. The molecule has 2 rings (SSSR count). The van der Waals surface area contributed by atoms with Crippen LogP contribution in [0.1, 0.15) is 26.3 Å². The molecule has 0 amide bonds. The highest BCUT2D eigenvalue weighted by Crippen LogP contribution is 2.17. The maximum Gasteiger partial charge on any atom is 0.337 e. The standard InChI is InChI=1S/C15H14O2/c1-15(2,3)9-8-11-10-14(16)17-13-7-5-4-6-12(11)13/h4-7,10H,1-3H3. The van der Waals surface area contributed by atoms with Gasteiger partial charge in [-0.25, -0.2) is 4.79 Å². The van der Waals surface area contributed by atoms with Crippen molar-refractivity contribution in [2.24, 2.45) is 5.41 Å². The molecule has 2 heteroatoms. The van der Waals surface area contributed by atoms with Gasteiger partial charge >= 0.3 is 5.63 Å². The van der Waals surface area contributed by atoms with E-state index in [9.17, 15) is 4.79 Å². The fourth-order valence-corrected chi connectivity index (χ4v) is 1.47. The quantitative estimate of drug-likeness (QED) is 0.510. The van der Waals surface area contributed by atoms with E-state index >= 15 is 0 Å². The van der Waals surface area contributed by atoms with Crippen LogP contribution in [0.25, 0.3) is 11.0 Å². The Hall–Kier alpha value is -2.01. The predicted octanol–water partition coefficient (Wildman–Crippen LogP) is 3.19. The van der Waals surface area contributed by atoms with Gasteiger partial charge in [0.1, 0.15) is 5.58 Å². The molecule has 0 aliphatic carbocycles. The number of hydrogen-bond donors (Lipinski definition) is 0. The molecule has 2 aromatic rings. The second-order valence-electron chi connectivity index (χ2n) is 4.98. The van der Waals surface area contributed by atoms with Crippen molar-refractivity contribution in [3.8, 4) is 11.8 Å². The molecule has 17 heavy (non-hydrogen) atoms. The minimum absolute atomic E-state index is 0.0862. The van der Waals surface area contributed by atoms with E-state index in [1.807, 2.05) is 39.0 Å². The zero-order valence-corrected chi connectivity index (χ0v) is 10.2. The van der Waals surface area contributed by atoms with Gasteiger partial charge in [0.2, 0.25) is 0 Å². The minimum atomic E-state index is -0.359. The smallest absolute Gasteiger partial charge is 0.337 e. The molecule has 86 valence electrons. The van der Waals surface area contributed by atoms with Crippen molar-refractivity contribution in [3.63, 3.8) is 0 Å². The summed E-state index contributed by atoms with van der Waals surface area (Å²) in [5, 5.41) is 0.879. The van der Waals surface area contributed by atoms with Crippen LogP contribution in [-0.4, -0.2) is 0 Å². The first-order chi connectivity index (χ1) is 7.96. The fourth-order valence-electron chi connectivity index (χ4n) is 1.47. The average molecular weight is 226 g/mol. The number of para-hydroxylation sites is 1. The fraction of sp³-hybridized carbons (Fsp3) is 0.267. The van der Waals surface area contributed by atoms with Gasteiger partial charge in [0.25, 0.3) is 0 Å². The Morgan fingerprint density at radius 3 is 2.59 bits per heavy atom. The lowest BCUT2D eigenvalue weighted by Crippen LogP contribution is -2.01. The Morgan fingerprint density at radius 1 is 1.18 bits per heavy atom. The van der Waals surface area contributed by atoms with Gasteiger partial charge in [-0.2, -0.15) is 0 Å². The van der Waals surface area contributed by atoms with Crippen LogP contribution < -0.4 is 5.63 Å². The summed E-state index contributed by atoms with van der Waals surface area (Å²) in [6, 6.07) is 8.88. The summed E-state index contributed by atoms with van der Waals surface area (Å²) in [7, 11) is 0. The molecule has 0 N–H and O–H groups in total. The topological polar surface area (TPSA) is 30.2 Å². The first-order valence-electron chi connectivity index (χ1n) is 5.52. The van der Waals surface area contributed by atoms with Crippen LogP contribution in [0.5, 0.6) is 0 Å². The van der Waals surface area contributed by atoms with Gasteiger partial charge in [-0.05, 0) is 32.9 Å². The summed E-state index contributed by atoms with van der Waals surface area (Å²) in [6.07, 6.45) is 0. The highest BCUT2D eigenvalue weighted by atomic mass is 16.4. The SMILES string of the molecule is CC(C)(C)C#Cc1cc(=O)oc2ccccc12. The number of benzene rings is 1. The third kappa shape index (κ3) is 2.76. The Bertz CT molecular complexity index is 661. The Labute approximate surface area is 100 Å². The molecule has 1 aromatic carbocycles. The van der Waals surface area contributed by atoms with E-state index in [0.29, 0.717) is 5.58 Å². The first-order valence-corrected chi connectivity index (χ1v) is 5.52. The molecular formula is C15H14O2. The molecule has 0 saturated heterocycles. The number of hydrogen-bond acceptors (Lipinski definition) is 2. The van der Waals surface area contributed by atoms with Crippen molar-refractivity contribution < 1.29 is 4.42 Å². The molecule has 0 aliphatic rings. The summed E-state index contributed by atoms with van der Waals surface area (Å²) in [6.45, 7) is 6.11. The summed E-state index contributed by atoms with van der Waals surface area (Å²) in [5.74, 6) is 6.19. The molecule has 0 unspecified atom stereocenters. The van der Waals surface area contributed by atoms with E-state index in [4.69, 9.17) is 4.42 Å². The van der Waals surface area contributed by atoms with Crippen molar-refractivity contribution in [2.75, 3.05) is 0 Å². The first kappa shape index (κ1) is 11.5. The average Bonchev–Trinajstić information content (AvgIpc) is 2.24. The van der Waals surface area contributed by atoms with E-state index in [1.165, 1.54) is 6.07 Å². The van der Waals surface area contributed by atoms with Crippen LogP contribution in [0.3, 0.4) is 0 Å². The predicted molar refractivity (Wildman–Crippen MR) is 68.8 cm³/mol. The van der Waals surface area contributed by atoms with Gasteiger partial charge in [0.05, 0.1) is 0 Å². The van der Waals surface area contributed by atoms with Crippen molar-refractivity contribution in [1.29, 1.82) is 0 Å². The second-order valence-corrected chi connectivity index (χ2v) is 4.98. The summed E-state index contributed by atoms with van der Waals surface area (Å²) >= 11 is 0. The van der Waals surface area contributed by atoms with Gasteiger partial charge in [-0.15, -0.1) is 0 Å². The zero-order valence-electron chi connectivity index (χ0n) is 10.2. The molecule has 0 atom stereocenters. The molecule has 0 radical (unpaired) electrons. The van der Waals surface area contributed by atoms with Crippen molar-refractivity contribution >= 4 is 11.0 Å².